The van der Waals surface area contributed by atoms with Crippen molar-refractivity contribution in [3.63, 3.8) is 0 Å². The van der Waals surface area contributed by atoms with Gasteiger partial charge >= 0.3 is 0 Å². The van der Waals surface area contributed by atoms with Crippen LogP contribution in [0.25, 0.3) is 0 Å². The highest BCUT2D eigenvalue weighted by Crippen LogP contribution is 2.64. The number of hydrogen-bond acceptors (Lipinski definition) is 6. The average molecular weight is 404 g/mol. The molecule has 148 valence electrons. The quantitative estimate of drug-likeness (QED) is 0.631. The summed E-state index contributed by atoms with van der Waals surface area (Å²) in [7, 11) is -2.19. The lowest BCUT2D eigenvalue weighted by molar-refractivity contribution is -0.128. The molecule has 2 aliphatic rings. The van der Waals surface area contributed by atoms with E-state index in [9.17, 15) is 18.3 Å². The van der Waals surface area contributed by atoms with E-state index in [4.69, 9.17) is 4.55 Å². The van der Waals surface area contributed by atoms with Gasteiger partial charge in [0.2, 0.25) is 0 Å². The summed E-state index contributed by atoms with van der Waals surface area (Å²) < 4.78 is 31.0. The van der Waals surface area contributed by atoms with Crippen molar-refractivity contribution in [2.24, 2.45) is 16.7 Å². The molecule has 3 atom stereocenters. The molecule has 8 heteroatoms. The molecule has 1 aromatic rings. The maximum Gasteiger partial charge on any atom is 0.265 e. The van der Waals surface area contributed by atoms with E-state index in [1.165, 1.54) is 0 Å². The Morgan fingerprint density at radius 3 is 2.54 bits per heavy atom. The van der Waals surface area contributed by atoms with Gasteiger partial charge in [0.1, 0.15) is 5.78 Å². The molecule has 2 fully saturated rings. The monoisotopic (exact) mass is 403 g/mol. The Kier molecular flexibility index (Phi) is 6.66. The number of nitrogens with one attached hydrogen (secondary N) is 1. The second-order valence-electron chi connectivity index (χ2n) is 7.82. The van der Waals surface area contributed by atoms with E-state index in [1.807, 2.05) is 38.4 Å². The topological polar surface area (TPSA) is 104 Å². The number of fused-ring (bicyclic) bond motifs is 2. The molecule has 1 unspecified atom stereocenters. The average Bonchev–Trinajstić information content (AvgIpc) is 3.19. The largest absolute Gasteiger partial charge is 0.388 e. The fourth-order valence-corrected chi connectivity index (χ4v) is 6.37. The molecular formula is C18H29NO5S2. The van der Waals surface area contributed by atoms with Gasteiger partial charge in [-0.15, -0.1) is 11.3 Å². The highest BCUT2D eigenvalue weighted by molar-refractivity contribution is 7.85. The number of hydrogen-bond donors (Lipinski definition) is 3. The smallest absolute Gasteiger partial charge is 0.265 e. The molecule has 2 bridgehead atoms. The highest BCUT2D eigenvalue weighted by Gasteiger charge is 2.65. The molecule has 0 aromatic carbocycles. The summed E-state index contributed by atoms with van der Waals surface area (Å²) in [5.41, 5.74) is -1.12. The molecule has 0 aliphatic heterocycles. The number of thiophene rings is 1. The normalized spacial score (nSPS) is 27.9. The summed E-state index contributed by atoms with van der Waals surface area (Å²) in [6.45, 7) is 4.75. The van der Waals surface area contributed by atoms with Gasteiger partial charge < -0.3 is 10.4 Å². The lowest BCUT2D eigenvalue weighted by Gasteiger charge is -2.35. The van der Waals surface area contributed by atoms with Crippen molar-refractivity contribution in [1.82, 2.24) is 5.32 Å². The summed E-state index contributed by atoms with van der Waals surface area (Å²) in [4.78, 5) is 12.9. The van der Waals surface area contributed by atoms with Crippen LogP contribution in [0.1, 0.15) is 50.5 Å². The van der Waals surface area contributed by atoms with Crippen LogP contribution >= 0.6 is 11.3 Å². The number of ketones is 1. The van der Waals surface area contributed by atoms with Crippen molar-refractivity contribution in [3.05, 3.63) is 22.4 Å². The molecule has 1 aromatic heterocycles. The fourth-order valence-electron chi connectivity index (χ4n) is 4.32. The van der Waals surface area contributed by atoms with Crippen molar-refractivity contribution >= 4 is 27.2 Å². The third-order valence-corrected chi connectivity index (χ3v) is 7.94. The number of rotatable bonds is 6. The molecular weight excluding hydrogens is 374 g/mol. The minimum Gasteiger partial charge on any atom is -0.388 e. The lowest BCUT2D eigenvalue weighted by Crippen LogP contribution is -2.42. The van der Waals surface area contributed by atoms with Gasteiger partial charge in [-0.1, -0.05) is 19.9 Å². The summed E-state index contributed by atoms with van der Waals surface area (Å²) in [5, 5.41) is 14.5. The summed E-state index contributed by atoms with van der Waals surface area (Å²) in [5.74, 6) is -0.101. The zero-order valence-electron chi connectivity index (χ0n) is 15.6. The number of aliphatic hydroxyl groups excluding tert-OH is 1. The first-order valence-corrected chi connectivity index (χ1v) is 11.4. The van der Waals surface area contributed by atoms with Gasteiger partial charge in [0.15, 0.2) is 0 Å². The van der Waals surface area contributed by atoms with Crippen LogP contribution < -0.4 is 5.32 Å². The van der Waals surface area contributed by atoms with Crippen molar-refractivity contribution in [3.8, 4) is 0 Å². The molecule has 3 rings (SSSR count). The summed E-state index contributed by atoms with van der Waals surface area (Å²) in [6.07, 6.45) is 2.47. The van der Waals surface area contributed by atoms with E-state index in [0.29, 0.717) is 12.8 Å². The molecule has 6 nitrogen and oxygen atoms in total. The van der Waals surface area contributed by atoms with Crippen molar-refractivity contribution in [2.45, 2.75) is 45.6 Å². The third kappa shape index (κ3) is 4.36. The van der Waals surface area contributed by atoms with Crippen LogP contribution in [0.2, 0.25) is 0 Å². The van der Waals surface area contributed by atoms with Crippen molar-refractivity contribution in [2.75, 3.05) is 19.3 Å². The van der Waals surface area contributed by atoms with Gasteiger partial charge in [-0.2, -0.15) is 8.42 Å². The van der Waals surface area contributed by atoms with E-state index >= 15 is 0 Å². The van der Waals surface area contributed by atoms with Gasteiger partial charge in [0.25, 0.3) is 10.1 Å². The van der Waals surface area contributed by atoms with Gasteiger partial charge in [-0.3, -0.25) is 9.35 Å². The Hall–Kier alpha value is -0.800. The van der Waals surface area contributed by atoms with Crippen LogP contribution in [0, 0.1) is 16.7 Å². The molecule has 0 amide bonds. The molecule has 2 saturated carbocycles. The molecule has 2 aliphatic carbocycles. The molecule has 0 radical (unpaired) electrons. The number of carbonyl (C=O) groups excluding carboxylic acids is 1. The Balaban J connectivity index is 0.000000197. The predicted octanol–water partition coefficient (Wildman–Crippen LogP) is 2.66. The fraction of sp³-hybridized carbons (Fsp3) is 0.722. The van der Waals surface area contributed by atoms with Crippen LogP contribution in [0.3, 0.4) is 0 Å². The Labute approximate surface area is 159 Å². The Morgan fingerprint density at radius 2 is 2.12 bits per heavy atom. The van der Waals surface area contributed by atoms with Gasteiger partial charge in [-0.25, -0.2) is 0 Å². The summed E-state index contributed by atoms with van der Waals surface area (Å²) >= 11 is 1.60. The van der Waals surface area contributed by atoms with Crippen LogP contribution in [-0.2, 0) is 14.9 Å². The zero-order valence-corrected chi connectivity index (χ0v) is 17.2. The number of carbonyl (C=O) groups is 1. The first-order chi connectivity index (χ1) is 12.0. The minimum atomic E-state index is -4.08. The summed E-state index contributed by atoms with van der Waals surface area (Å²) in [6, 6.07) is 3.92. The van der Waals surface area contributed by atoms with Crippen LogP contribution in [0.15, 0.2) is 17.5 Å². The molecule has 0 spiro atoms. The second-order valence-corrected chi connectivity index (χ2v) is 10.2. The van der Waals surface area contributed by atoms with E-state index < -0.39 is 21.3 Å². The maximum atomic E-state index is 11.9. The Bertz CT molecular complexity index is 714. The standard InChI is InChI=1S/C10H16O4S.C8H13NOS/c1-9(2)7-3-4-10(9,8(11)5-7)6-15(12,13)14;1-9-5-4-7(10)8-3-2-6-11-8/h7H,3-6H2,1-2H3,(H,12,13,14);2-3,6-7,9-10H,4-5H2,1H3/t7?,10-;7-/m10/s1. The van der Waals surface area contributed by atoms with Crippen molar-refractivity contribution < 1.29 is 22.9 Å². The minimum absolute atomic E-state index is 0.0152. The van der Waals surface area contributed by atoms with Crippen LogP contribution in [0.4, 0.5) is 0 Å². The number of Topliss-reactive ketones (excluding diaryl/α,β-unsaturated/α-hetero) is 1. The molecule has 26 heavy (non-hydrogen) atoms. The first kappa shape index (κ1) is 21.5. The lowest BCUT2D eigenvalue weighted by atomic mass is 9.70. The Morgan fingerprint density at radius 1 is 1.42 bits per heavy atom. The van der Waals surface area contributed by atoms with Crippen LogP contribution in [0.5, 0.6) is 0 Å². The van der Waals surface area contributed by atoms with Crippen molar-refractivity contribution in [1.29, 1.82) is 0 Å². The van der Waals surface area contributed by atoms with Gasteiger partial charge in [-0.05, 0) is 55.6 Å². The van der Waals surface area contributed by atoms with Gasteiger partial charge in [0.05, 0.1) is 17.3 Å². The van der Waals surface area contributed by atoms with E-state index in [1.54, 1.807) is 11.3 Å². The van der Waals surface area contributed by atoms with Crippen LogP contribution in [-0.4, -0.2) is 43.2 Å². The highest BCUT2D eigenvalue weighted by atomic mass is 32.2. The van der Waals surface area contributed by atoms with E-state index in [-0.39, 0.29) is 23.2 Å². The molecule has 0 saturated heterocycles. The molecule has 3 N–H and O–H groups in total. The maximum absolute atomic E-state index is 11.9. The van der Waals surface area contributed by atoms with E-state index in [0.717, 1.165) is 24.3 Å². The third-order valence-electron chi connectivity index (χ3n) is 6.11. The predicted molar refractivity (Wildman–Crippen MR) is 103 cm³/mol. The SMILES string of the molecule is CC1(C)C2CC[C@@]1(CS(=O)(=O)O)C(=O)C2.CNCC[C@H](O)c1cccs1. The first-order valence-electron chi connectivity index (χ1n) is 8.88. The molecule has 1 heterocycles. The van der Waals surface area contributed by atoms with E-state index in [2.05, 4.69) is 5.32 Å². The number of aliphatic hydroxyl groups is 1. The zero-order chi connectivity index (χ0) is 19.6. The van der Waals surface area contributed by atoms with Gasteiger partial charge in [0, 0.05) is 11.3 Å². The second kappa shape index (κ2) is 8.06.